The van der Waals surface area contributed by atoms with E-state index in [9.17, 15) is 22.0 Å². The quantitative estimate of drug-likeness (QED) is 0.937. The van der Waals surface area contributed by atoms with Crippen molar-refractivity contribution in [2.24, 2.45) is 0 Å². The minimum atomic E-state index is -4.66. The van der Waals surface area contributed by atoms with Crippen molar-refractivity contribution >= 4 is 21.6 Å². The molecular weight excluding hydrogens is 314 g/mol. The van der Waals surface area contributed by atoms with Gasteiger partial charge in [-0.2, -0.15) is 8.78 Å². The van der Waals surface area contributed by atoms with Crippen LogP contribution < -0.4 is 5.32 Å². The molecule has 0 saturated heterocycles. The number of hydrogen-bond donors (Lipinski definition) is 1. The number of anilines is 1. The minimum Gasteiger partial charge on any atom is -0.306 e. The van der Waals surface area contributed by atoms with E-state index in [-0.39, 0.29) is 5.56 Å². The van der Waals surface area contributed by atoms with Crippen molar-refractivity contribution in [1.29, 1.82) is 0 Å². The standard InChI is InChI=1S/C14H12F2N2O3S/c1-9-3-2-8-17-12(9)18-13(19)10-4-6-11(7-5-10)22(20,21)14(15)16/h2-8,14H,1H3,(H,17,18,19). The molecule has 0 unspecified atom stereocenters. The molecule has 0 aliphatic carbocycles. The highest BCUT2D eigenvalue weighted by molar-refractivity contribution is 7.91. The van der Waals surface area contributed by atoms with Crippen LogP contribution in [0, 0.1) is 6.92 Å². The van der Waals surface area contributed by atoms with Crippen LogP contribution in [-0.4, -0.2) is 25.1 Å². The predicted molar refractivity (Wildman–Crippen MR) is 76.6 cm³/mol. The van der Waals surface area contributed by atoms with Crippen LogP contribution in [0.25, 0.3) is 0 Å². The third-order valence-electron chi connectivity index (χ3n) is 2.92. The molecule has 0 saturated carbocycles. The highest BCUT2D eigenvalue weighted by atomic mass is 32.2. The zero-order valence-electron chi connectivity index (χ0n) is 11.5. The average molecular weight is 326 g/mol. The van der Waals surface area contributed by atoms with Crippen molar-refractivity contribution in [1.82, 2.24) is 4.98 Å². The average Bonchev–Trinajstić information content (AvgIpc) is 2.49. The van der Waals surface area contributed by atoms with Crippen molar-refractivity contribution in [3.8, 4) is 0 Å². The first kappa shape index (κ1) is 16.0. The van der Waals surface area contributed by atoms with E-state index in [1.54, 1.807) is 19.1 Å². The van der Waals surface area contributed by atoms with Gasteiger partial charge >= 0.3 is 5.76 Å². The highest BCUT2D eigenvalue weighted by Crippen LogP contribution is 2.19. The number of amides is 1. The van der Waals surface area contributed by atoms with Gasteiger partial charge in [-0.25, -0.2) is 13.4 Å². The van der Waals surface area contributed by atoms with Gasteiger partial charge in [-0.1, -0.05) is 6.07 Å². The number of nitrogens with zero attached hydrogens (tertiary/aromatic N) is 1. The van der Waals surface area contributed by atoms with Crippen LogP contribution in [0.15, 0.2) is 47.5 Å². The Kier molecular flexibility index (Phi) is 4.51. The number of aryl methyl sites for hydroxylation is 1. The summed E-state index contributed by atoms with van der Waals surface area (Å²) in [5.41, 5.74) is 0.894. The maximum Gasteiger partial charge on any atom is 0.341 e. The highest BCUT2D eigenvalue weighted by Gasteiger charge is 2.26. The molecule has 0 bridgehead atoms. The number of alkyl halides is 2. The van der Waals surface area contributed by atoms with E-state index in [4.69, 9.17) is 0 Å². The fourth-order valence-corrected chi connectivity index (χ4v) is 2.42. The Morgan fingerprint density at radius 1 is 1.18 bits per heavy atom. The van der Waals surface area contributed by atoms with Gasteiger partial charge in [-0.05, 0) is 42.8 Å². The first-order valence-electron chi connectivity index (χ1n) is 6.17. The molecule has 1 amide bonds. The summed E-state index contributed by atoms with van der Waals surface area (Å²) in [7, 11) is -4.66. The van der Waals surface area contributed by atoms with Crippen molar-refractivity contribution in [3.05, 3.63) is 53.7 Å². The largest absolute Gasteiger partial charge is 0.341 e. The van der Waals surface area contributed by atoms with Gasteiger partial charge in [0.05, 0.1) is 4.90 Å². The smallest absolute Gasteiger partial charge is 0.306 e. The van der Waals surface area contributed by atoms with Crippen LogP contribution in [0.3, 0.4) is 0 Å². The second kappa shape index (κ2) is 6.18. The van der Waals surface area contributed by atoms with Crippen LogP contribution in [-0.2, 0) is 9.84 Å². The number of aromatic nitrogens is 1. The number of benzene rings is 1. The molecule has 1 aromatic carbocycles. The van der Waals surface area contributed by atoms with Crippen LogP contribution in [0.4, 0.5) is 14.6 Å². The third kappa shape index (κ3) is 3.28. The summed E-state index contributed by atoms with van der Waals surface area (Å²) in [5, 5.41) is 2.56. The number of nitrogens with one attached hydrogen (secondary N) is 1. The van der Waals surface area contributed by atoms with Gasteiger partial charge in [0.2, 0.25) is 9.84 Å². The summed E-state index contributed by atoms with van der Waals surface area (Å²) < 4.78 is 47.4. The predicted octanol–water partition coefficient (Wildman–Crippen LogP) is 2.64. The summed E-state index contributed by atoms with van der Waals surface area (Å²) in [5.74, 6) is -3.64. The van der Waals surface area contributed by atoms with E-state index in [1.165, 1.54) is 18.3 Å². The van der Waals surface area contributed by atoms with Gasteiger partial charge in [-0.15, -0.1) is 0 Å². The van der Waals surface area contributed by atoms with Crippen LogP contribution in [0.5, 0.6) is 0 Å². The van der Waals surface area contributed by atoms with Crippen LogP contribution in [0.2, 0.25) is 0 Å². The first-order chi connectivity index (χ1) is 10.3. The molecule has 22 heavy (non-hydrogen) atoms. The Labute approximate surface area is 125 Å². The Bertz CT molecular complexity index is 790. The van der Waals surface area contributed by atoms with Gasteiger partial charge in [0.1, 0.15) is 5.82 Å². The molecular formula is C14H12F2N2O3S. The number of carbonyl (C=O) groups excluding carboxylic acids is 1. The summed E-state index contributed by atoms with van der Waals surface area (Å²) in [6, 6.07) is 7.77. The first-order valence-corrected chi connectivity index (χ1v) is 7.72. The van der Waals surface area contributed by atoms with Gasteiger partial charge < -0.3 is 5.32 Å². The summed E-state index contributed by atoms with van der Waals surface area (Å²) in [6.07, 6.45) is 1.51. The van der Waals surface area contributed by atoms with E-state index in [1.807, 2.05) is 0 Å². The van der Waals surface area contributed by atoms with E-state index in [2.05, 4.69) is 10.3 Å². The fraction of sp³-hybridized carbons (Fsp3) is 0.143. The lowest BCUT2D eigenvalue weighted by Gasteiger charge is -2.08. The zero-order chi connectivity index (χ0) is 16.3. The van der Waals surface area contributed by atoms with Crippen LogP contribution in [0.1, 0.15) is 15.9 Å². The Balaban J connectivity index is 2.21. The topological polar surface area (TPSA) is 76.1 Å². The molecule has 1 aromatic heterocycles. The van der Waals surface area contributed by atoms with Gasteiger partial charge in [0.15, 0.2) is 0 Å². The maximum absolute atomic E-state index is 12.4. The van der Waals surface area contributed by atoms with Crippen molar-refractivity contribution < 1.29 is 22.0 Å². The molecule has 1 heterocycles. The molecule has 0 aliphatic heterocycles. The van der Waals surface area contributed by atoms with Crippen molar-refractivity contribution in [2.75, 3.05) is 5.32 Å². The molecule has 5 nitrogen and oxygen atoms in total. The minimum absolute atomic E-state index is 0.137. The van der Waals surface area contributed by atoms with E-state index in [0.29, 0.717) is 5.82 Å². The Hall–Kier alpha value is -2.35. The molecule has 0 radical (unpaired) electrons. The van der Waals surface area contributed by atoms with Gasteiger partial charge in [0.25, 0.3) is 5.91 Å². The molecule has 8 heteroatoms. The second-order valence-corrected chi connectivity index (χ2v) is 6.37. The third-order valence-corrected chi connectivity index (χ3v) is 4.32. The fourth-order valence-electron chi connectivity index (χ4n) is 1.70. The summed E-state index contributed by atoms with van der Waals surface area (Å²) in [6.45, 7) is 1.76. The number of pyridine rings is 1. The Morgan fingerprint density at radius 2 is 1.82 bits per heavy atom. The van der Waals surface area contributed by atoms with Crippen LogP contribution >= 0.6 is 0 Å². The van der Waals surface area contributed by atoms with Gasteiger partial charge in [-0.3, -0.25) is 4.79 Å². The molecule has 0 spiro atoms. The monoisotopic (exact) mass is 326 g/mol. The summed E-state index contributed by atoms with van der Waals surface area (Å²) >= 11 is 0. The van der Waals surface area contributed by atoms with E-state index < -0.39 is 26.4 Å². The number of hydrogen-bond acceptors (Lipinski definition) is 4. The molecule has 2 rings (SSSR count). The second-order valence-electron chi connectivity index (χ2n) is 4.45. The molecule has 116 valence electrons. The number of carbonyl (C=O) groups is 1. The SMILES string of the molecule is Cc1cccnc1NC(=O)c1ccc(S(=O)(=O)C(F)F)cc1. The molecule has 0 fully saturated rings. The lowest BCUT2D eigenvalue weighted by Crippen LogP contribution is -2.15. The zero-order valence-corrected chi connectivity index (χ0v) is 12.3. The van der Waals surface area contributed by atoms with Gasteiger partial charge in [0, 0.05) is 11.8 Å². The Morgan fingerprint density at radius 3 is 2.36 bits per heavy atom. The molecule has 1 N–H and O–H groups in total. The number of rotatable bonds is 4. The molecule has 2 aromatic rings. The lowest BCUT2D eigenvalue weighted by atomic mass is 10.2. The molecule has 0 aliphatic rings. The maximum atomic E-state index is 12.4. The normalized spacial score (nSPS) is 11.5. The summed E-state index contributed by atoms with van der Waals surface area (Å²) in [4.78, 5) is 15.5. The number of sulfone groups is 1. The van der Waals surface area contributed by atoms with Crippen molar-refractivity contribution in [3.63, 3.8) is 0 Å². The van der Waals surface area contributed by atoms with Crippen molar-refractivity contribution in [2.45, 2.75) is 17.6 Å². The lowest BCUT2D eigenvalue weighted by molar-refractivity contribution is 0.102. The molecule has 0 atom stereocenters. The number of halogens is 2. The van der Waals surface area contributed by atoms with E-state index >= 15 is 0 Å². The van der Waals surface area contributed by atoms with E-state index in [0.717, 1.165) is 17.7 Å².